The minimum absolute atomic E-state index is 0.0264. The maximum absolute atomic E-state index is 11.2. The van der Waals surface area contributed by atoms with Gasteiger partial charge in [-0.2, -0.15) is 0 Å². The number of rotatable bonds is 5. The summed E-state index contributed by atoms with van der Waals surface area (Å²) in [5.41, 5.74) is 1.01. The van der Waals surface area contributed by atoms with Gasteiger partial charge in [0, 0.05) is 25.9 Å². The third-order valence-corrected chi connectivity index (χ3v) is 2.26. The van der Waals surface area contributed by atoms with Gasteiger partial charge in [-0.3, -0.25) is 4.79 Å². The van der Waals surface area contributed by atoms with Crippen LogP contribution in [0.15, 0.2) is 18.3 Å². The van der Waals surface area contributed by atoms with E-state index >= 15 is 0 Å². The van der Waals surface area contributed by atoms with Gasteiger partial charge in [-0.15, -0.1) is 0 Å². The number of aromatic nitrogens is 1. The normalized spacial score (nSPS) is 11.9. The first-order valence-electron chi connectivity index (χ1n) is 5.11. The first-order valence-corrected chi connectivity index (χ1v) is 5.11. The fourth-order valence-corrected chi connectivity index (χ4v) is 1.22. The molecule has 1 unspecified atom stereocenters. The first-order chi connectivity index (χ1) is 7.67. The standard InChI is InChI=1S/C11H17N3O2/c1-8(11(15)12-2)13-6-9-4-5-10(16-3)14-7-9/h4-5,7-8,13H,6H2,1-3H3,(H,12,15). The zero-order valence-electron chi connectivity index (χ0n) is 9.78. The highest BCUT2D eigenvalue weighted by Crippen LogP contribution is 2.06. The fourth-order valence-electron chi connectivity index (χ4n) is 1.22. The van der Waals surface area contributed by atoms with Gasteiger partial charge in [-0.25, -0.2) is 4.98 Å². The molecule has 0 saturated heterocycles. The molecule has 1 aromatic heterocycles. The number of methoxy groups -OCH3 is 1. The van der Waals surface area contributed by atoms with E-state index in [0.29, 0.717) is 12.4 Å². The molecule has 1 amide bonds. The van der Waals surface area contributed by atoms with Gasteiger partial charge < -0.3 is 15.4 Å². The summed E-state index contributed by atoms with van der Waals surface area (Å²) in [6.07, 6.45) is 1.72. The third-order valence-electron chi connectivity index (χ3n) is 2.26. The second kappa shape index (κ2) is 6.07. The lowest BCUT2D eigenvalue weighted by molar-refractivity contribution is -0.122. The van der Waals surface area contributed by atoms with Crippen molar-refractivity contribution in [2.45, 2.75) is 19.5 Å². The Hall–Kier alpha value is -1.62. The Morgan fingerprint density at radius 1 is 1.56 bits per heavy atom. The van der Waals surface area contributed by atoms with Crippen LogP contribution in [0.4, 0.5) is 0 Å². The summed E-state index contributed by atoms with van der Waals surface area (Å²) in [6, 6.07) is 3.49. The van der Waals surface area contributed by atoms with Crippen molar-refractivity contribution in [1.82, 2.24) is 15.6 Å². The predicted octanol–water partition coefficient (Wildman–Crippen LogP) is 0.314. The molecular weight excluding hydrogens is 206 g/mol. The van der Waals surface area contributed by atoms with Crippen molar-refractivity contribution in [3.05, 3.63) is 23.9 Å². The lowest BCUT2D eigenvalue weighted by Crippen LogP contribution is -2.40. The highest BCUT2D eigenvalue weighted by atomic mass is 16.5. The zero-order valence-corrected chi connectivity index (χ0v) is 9.78. The van der Waals surface area contributed by atoms with Gasteiger partial charge in [-0.05, 0) is 12.5 Å². The molecule has 0 bridgehead atoms. The Morgan fingerprint density at radius 2 is 2.31 bits per heavy atom. The minimum Gasteiger partial charge on any atom is -0.481 e. The maximum Gasteiger partial charge on any atom is 0.236 e. The number of pyridine rings is 1. The molecule has 1 aromatic rings. The second-order valence-corrected chi connectivity index (χ2v) is 3.43. The van der Waals surface area contributed by atoms with E-state index in [-0.39, 0.29) is 11.9 Å². The molecule has 5 nitrogen and oxygen atoms in total. The van der Waals surface area contributed by atoms with Crippen molar-refractivity contribution in [3.63, 3.8) is 0 Å². The highest BCUT2D eigenvalue weighted by molar-refractivity contribution is 5.80. The van der Waals surface area contributed by atoms with E-state index in [1.54, 1.807) is 26.4 Å². The van der Waals surface area contributed by atoms with Crippen LogP contribution in [-0.4, -0.2) is 31.1 Å². The summed E-state index contributed by atoms with van der Waals surface area (Å²) in [6.45, 7) is 2.42. The van der Waals surface area contributed by atoms with E-state index in [1.165, 1.54) is 0 Å². The van der Waals surface area contributed by atoms with Crippen LogP contribution in [-0.2, 0) is 11.3 Å². The van der Waals surface area contributed by atoms with Gasteiger partial charge in [0.05, 0.1) is 13.2 Å². The van der Waals surface area contributed by atoms with Gasteiger partial charge in [0.25, 0.3) is 0 Å². The Kier molecular flexibility index (Phi) is 4.72. The quantitative estimate of drug-likeness (QED) is 0.754. The Labute approximate surface area is 95.2 Å². The summed E-state index contributed by atoms with van der Waals surface area (Å²) in [4.78, 5) is 15.3. The molecule has 0 saturated carbocycles. The van der Waals surface area contributed by atoms with Gasteiger partial charge in [-0.1, -0.05) is 6.07 Å². The van der Waals surface area contributed by atoms with Crippen molar-refractivity contribution >= 4 is 5.91 Å². The van der Waals surface area contributed by atoms with Crippen LogP contribution in [0, 0.1) is 0 Å². The first kappa shape index (κ1) is 12.4. The average molecular weight is 223 g/mol. The summed E-state index contributed by atoms with van der Waals surface area (Å²) in [5, 5.41) is 5.68. The van der Waals surface area contributed by atoms with Gasteiger partial charge in [0.15, 0.2) is 0 Å². The number of ether oxygens (including phenoxy) is 1. The van der Waals surface area contributed by atoms with Crippen molar-refractivity contribution < 1.29 is 9.53 Å². The molecule has 0 radical (unpaired) electrons. The monoisotopic (exact) mass is 223 g/mol. The van der Waals surface area contributed by atoms with Gasteiger partial charge in [0.2, 0.25) is 11.8 Å². The van der Waals surface area contributed by atoms with Gasteiger partial charge >= 0.3 is 0 Å². The molecular formula is C11H17N3O2. The number of hydrogen-bond acceptors (Lipinski definition) is 4. The summed E-state index contributed by atoms with van der Waals surface area (Å²) in [5.74, 6) is 0.560. The van der Waals surface area contributed by atoms with Gasteiger partial charge in [0.1, 0.15) is 0 Å². The van der Waals surface area contributed by atoms with Crippen molar-refractivity contribution in [2.24, 2.45) is 0 Å². The summed E-state index contributed by atoms with van der Waals surface area (Å²) in [7, 11) is 3.20. The SMILES string of the molecule is CNC(=O)C(C)NCc1ccc(OC)nc1. The predicted molar refractivity (Wildman–Crippen MR) is 61.2 cm³/mol. The lowest BCUT2D eigenvalue weighted by atomic mass is 10.2. The maximum atomic E-state index is 11.2. The number of nitrogens with one attached hydrogen (secondary N) is 2. The molecule has 0 aliphatic carbocycles. The smallest absolute Gasteiger partial charge is 0.236 e. The van der Waals surface area contributed by atoms with E-state index in [9.17, 15) is 4.79 Å². The van der Waals surface area contributed by atoms with Crippen LogP contribution < -0.4 is 15.4 Å². The lowest BCUT2D eigenvalue weighted by Gasteiger charge is -2.11. The number of amides is 1. The highest BCUT2D eigenvalue weighted by Gasteiger charge is 2.09. The van der Waals surface area contributed by atoms with E-state index in [4.69, 9.17) is 4.74 Å². The molecule has 0 aliphatic rings. The van der Waals surface area contributed by atoms with Crippen molar-refractivity contribution in [1.29, 1.82) is 0 Å². The van der Waals surface area contributed by atoms with Crippen molar-refractivity contribution in [2.75, 3.05) is 14.2 Å². The number of carbonyl (C=O) groups excluding carboxylic acids is 1. The number of hydrogen-bond donors (Lipinski definition) is 2. The van der Waals surface area contributed by atoms with E-state index in [0.717, 1.165) is 5.56 Å². The average Bonchev–Trinajstić information content (AvgIpc) is 2.35. The molecule has 1 atom stereocenters. The van der Waals surface area contributed by atoms with Crippen LogP contribution in [0.25, 0.3) is 0 Å². The van der Waals surface area contributed by atoms with Crippen LogP contribution >= 0.6 is 0 Å². The molecule has 2 N–H and O–H groups in total. The third kappa shape index (κ3) is 3.51. The van der Waals surface area contributed by atoms with Crippen LogP contribution in [0.3, 0.4) is 0 Å². The van der Waals surface area contributed by atoms with Crippen LogP contribution in [0.5, 0.6) is 5.88 Å². The van der Waals surface area contributed by atoms with Crippen LogP contribution in [0.2, 0.25) is 0 Å². The van der Waals surface area contributed by atoms with E-state index < -0.39 is 0 Å². The van der Waals surface area contributed by atoms with Crippen molar-refractivity contribution in [3.8, 4) is 5.88 Å². The fraction of sp³-hybridized carbons (Fsp3) is 0.455. The number of likely N-dealkylation sites (N-methyl/N-ethyl adjacent to an activating group) is 1. The molecule has 0 fully saturated rings. The topological polar surface area (TPSA) is 63.2 Å². The van der Waals surface area contributed by atoms with E-state index in [1.807, 2.05) is 13.0 Å². The van der Waals surface area contributed by atoms with E-state index in [2.05, 4.69) is 15.6 Å². The molecule has 5 heteroatoms. The second-order valence-electron chi connectivity index (χ2n) is 3.43. The number of carbonyl (C=O) groups is 1. The molecule has 0 aliphatic heterocycles. The summed E-state index contributed by atoms with van der Waals surface area (Å²) < 4.78 is 4.95. The molecule has 1 heterocycles. The zero-order chi connectivity index (χ0) is 12.0. The molecule has 88 valence electrons. The Morgan fingerprint density at radius 3 is 2.81 bits per heavy atom. The summed E-state index contributed by atoms with van der Waals surface area (Å²) >= 11 is 0. The Balaban J connectivity index is 2.45. The molecule has 0 spiro atoms. The Bertz CT molecular complexity index is 338. The molecule has 1 rings (SSSR count). The number of nitrogens with zero attached hydrogens (tertiary/aromatic N) is 1. The largest absolute Gasteiger partial charge is 0.481 e. The minimum atomic E-state index is -0.216. The van der Waals surface area contributed by atoms with Crippen LogP contribution in [0.1, 0.15) is 12.5 Å². The molecule has 0 aromatic carbocycles. The molecule has 16 heavy (non-hydrogen) atoms.